The zero-order chi connectivity index (χ0) is 13.2. The lowest BCUT2D eigenvalue weighted by molar-refractivity contribution is -0.141. The Labute approximate surface area is 112 Å². The Kier molecular flexibility index (Phi) is 4.20. The van der Waals surface area contributed by atoms with Gasteiger partial charge in [-0.05, 0) is 19.1 Å². The largest absolute Gasteiger partial charge is 0.481 e. The summed E-state index contributed by atoms with van der Waals surface area (Å²) in [5, 5.41) is 8.99. The number of hydrogen-bond donors (Lipinski definition) is 1. The van der Waals surface area contributed by atoms with Crippen LogP contribution in [0.25, 0.3) is 0 Å². The van der Waals surface area contributed by atoms with E-state index in [9.17, 15) is 9.59 Å². The molecule has 4 nitrogen and oxygen atoms in total. The minimum absolute atomic E-state index is 0.0152. The van der Waals surface area contributed by atoms with Crippen LogP contribution in [0.5, 0.6) is 0 Å². The molecule has 0 spiro atoms. The Balaban J connectivity index is 1.99. The molecule has 1 unspecified atom stereocenters. The van der Waals surface area contributed by atoms with Gasteiger partial charge >= 0.3 is 5.97 Å². The smallest absolute Gasteiger partial charge is 0.308 e. The van der Waals surface area contributed by atoms with Crippen LogP contribution in [-0.2, 0) is 9.59 Å². The summed E-state index contributed by atoms with van der Waals surface area (Å²) in [6.07, 6.45) is 8.33. The first-order valence-corrected chi connectivity index (χ1v) is 7.84. The molecular formula is C13H21NO3S. The Morgan fingerprint density at radius 3 is 2.61 bits per heavy atom. The maximum absolute atomic E-state index is 11.9. The van der Waals surface area contributed by atoms with Gasteiger partial charge in [0.25, 0.3) is 0 Å². The molecule has 0 aromatic heterocycles. The van der Waals surface area contributed by atoms with Crippen LogP contribution in [0.1, 0.15) is 38.5 Å². The zero-order valence-electron chi connectivity index (χ0n) is 10.9. The van der Waals surface area contributed by atoms with E-state index in [1.807, 2.05) is 11.8 Å². The lowest BCUT2D eigenvalue weighted by atomic mass is 9.88. The molecule has 1 N–H and O–H groups in total. The number of aliphatic carboxylic acids is 1. The van der Waals surface area contributed by atoms with Crippen LogP contribution in [0, 0.1) is 5.92 Å². The van der Waals surface area contributed by atoms with E-state index in [1.165, 1.54) is 19.3 Å². The second-order valence-corrected chi connectivity index (χ2v) is 6.74. The molecule has 0 aromatic rings. The van der Waals surface area contributed by atoms with Gasteiger partial charge in [-0.3, -0.25) is 9.59 Å². The van der Waals surface area contributed by atoms with Crippen LogP contribution in [0.4, 0.5) is 0 Å². The maximum Gasteiger partial charge on any atom is 0.308 e. The number of rotatable bonds is 4. The standard InChI is InChI=1S/C13H21NO3S/c1-18-13(5-3-2-4-6-13)9-14-8-10(12(16)17)7-11(14)15/h10H,2-9H2,1H3,(H,16,17). The number of thioether (sulfide) groups is 1. The van der Waals surface area contributed by atoms with Gasteiger partial charge in [0.05, 0.1) is 5.92 Å². The van der Waals surface area contributed by atoms with E-state index >= 15 is 0 Å². The van der Waals surface area contributed by atoms with Crippen LogP contribution in [-0.4, -0.2) is 46.0 Å². The minimum Gasteiger partial charge on any atom is -0.481 e. The number of carbonyl (C=O) groups excluding carboxylic acids is 1. The van der Waals surface area contributed by atoms with Crippen molar-refractivity contribution in [2.24, 2.45) is 5.92 Å². The molecule has 2 aliphatic rings. The lowest BCUT2D eigenvalue weighted by Gasteiger charge is -2.38. The fourth-order valence-corrected chi connectivity index (χ4v) is 4.04. The van der Waals surface area contributed by atoms with Crippen molar-refractivity contribution in [3.63, 3.8) is 0 Å². The van der Waals surface area contributed by atoms with Gasteiger partial charge in [-0.15, -0.1) is 0 Å². The van der Waals surface area contributed by atoms with Crippen LogP contribution in [0.15, 0.2) is 0 Å². The van der Waals surface area contributed by atoms with Crippen molar-refractivity contribution in [2.75, 3.05) is 19.3 Å². The third-order valence-electron chi connectivity index (χ3n) is 4.24. The second-order valence-electron chi connectivity index (χ2n) is 5.46. The maximum atomic E-state index is 11.9. The second kappa shape index (κ2) is 5.51. The summed E-state index contributed by atoms with van der Waals surface area (Å²) >= 11 is 1.85. The van der Waals surface area contributed by atoms with Gasteiger partial charge in [0, 0.05) is 24.3 Å². The zero-order valence-corrected chi connectivity index (χ0v) is 11.7. The van der Waals surface area contributed by atoms with Crippen molar-refractivity contribution in [1.82, 2.24) is 4.90 Å². The normalized spacial score (nSPS) is 27.5. The highest BCUT2D eigenvalue weighted by Gasteiger charge is 2.40. The molecule has 1 amide bonds. The van der Waals surface area contributed by atoms with Crippen molar-refractivity contribution in [1.29, 1.82) is 0 Å². The van der Waals surface area contributed by atoms with Crippen LogP contribution in [0.3, 0.4) is 0 Å². The van der Waals surface area contributed by atoms with Crippen molar-refractivity contribution < 1.29 is 14.7 Å². The number of nitrogens with zero attached hydrogens (tertiary/aromatic N) is 1. The van der Waals surface area contributed by atoms with Crippen molar-refractivity contribution in [2.45, 2.75) is 43.3 Å². The number of hydrogen-bond acceptors (Lipinski definition) is 3. The minimum atomic E-state index is -0.840. The molecule has 1 aliphatic heterocycles. The van der Waals surface area contributed by atoms with Crippen molar-refractivity contribution >= 4 is 23.6 Å². The number of carbonyl (C=O) groups is 2. The van der Waals surface area contributed by atoms with Crippen LogP contribution < -0.4 is 0 Å². The molecule has 0 bridgehead atoms. The Hall–Kier alpha value is -0.710. The predicted octanol–water partition coefficient (Wildman–Crippen LogP) is 1.99. The molecule has 5 heteroatoms. The molecule has 1 saturated carbocycles. The van der Waals surface area contributed by atoms with E-state index in [1.54, 1.807) is 4.90 Å². The first kappa shape index (κ1) is 13.7. The summed E-state index contributed by atoms with van der Waals surface area (Å²) in [6.45, 7) is 1.13. The molecule has 2 fully saturated rings. The molecular weight excluding hydrogens is 250 g/mol. The van der Waals surface area contributed by atoms with E-state index in [2.05, 4.69) is 6.26 Å². The average molecular weight is 271 g/mol. The quantitative estimate of drug-likeness (QED) is 0.849. The van der Waals surface area contributed by atoms with E-state index in [-0.39, 0.29) is 17.1 Å². The van der Waals surface area contributed by atoms with Gasteiger partial charge in [-0.25, -0.2) is 0 Å². The molecule has 18 heavy (non-hydrogen) atoms. The monoisotopic (exact) mass is 271 g/mol. The highest BCUT2D eigenvalue weighted by Crippen LogP contribution is 2.40. The van der Waals surface area contributed by atoms with E-state index < -0.39 is 11.9 Å². The molecule has 1 heterocycles. The Bertz CT molecular complexity index is 339. The van der Waals surface area contributed by atoms with Gasteiger partial charge in [0.1, 0.15) is 0 Å². The summed E-state index contributed by atoms with van der Waals surface area (Å²) in [5.41, 5.74) is 0. The Morgan fingerprint density at radius 1 is 1.44 bits per heavy atom. The molecule has 1 aliphatic carbocycles. The van der Waals surface area contributed by atoms with Gasteiger partial charge in [-0.1, -0.05) is 19.3 Å². The third-order valence-corrected chi connectivity index (χ3v) is 5.64. The van der Waals surface area contributed by atoms with Crippen LogP contribution in [0.2, 0.25) is 0 Å². The number of carboxylic acid groups (broad SMARTS) is 1. The summed E-state index contributed by atoms with van der Waals surface area (Å²) < 4.78 is 0.168. The van der Waals surface area contributed by atoms with Crippen LogP contribution >= 0.6 is 11.8 Å². The third kappa shape index (κ3) is 2.82. The van der Waals surface area contributed by atoms with Crippen molar-refractivity contribution in [3.8, 4) is 0 Å². The van der Waals surface area contributed by atoms with Gasteiger partial charge in [0.2, 0.25) is 5.91 Å². The molecule has 1 saturated heterocycles. The molecule has 2 rings (SSSR count). The van der Waals surface area contributed by atoms with E-state index in [4.69, 9.17) is 5.11 Å². The summed E-state index contributed by atoms with van der Waals surface area (Å²) in [5.74, 6) is -1.32. The highest BCUT2D eigenvalue weighted by molar-refractivity contribution is 8.00. The number of likely N-dealkylation sites (tertiary alicyclic amines) is 1. The van der Waals surface area contributed by atoms with Gasteiger partial charge in [-0.2, -0.15) is 11.8 Å². The lowest BCUT2D eigenvalue weighted by Crippen LogP contribution is -2.43. The molecule has 102 valence electrons. The van der Waals surface area contributed by atoms with Crippen molar-refractivity contribution in [3.05, 3.63) is 0 Å². The molecule has 1 atom stereocenters. The molecule has 0 radical (unpaired) electrons. The van der Waals surface area contributed by atoms with E-state index in [0.717, 1.165) is 19.4 Å². The first-order valence-electron chi connectivity index (χ1n) is 6.62. The average Bonchev–Trinajstić information content (AvgIpc) is 2.72. The SMILES string of the molecule is CSC1(CN2CC(C(=O)O)CC2=O)CCCCC1. The summed E-state index contributed by atoms with van der Waals surface area (Å²) in [6, 6.07) is 0. The fraction of sp³-hybridized carbons (Fsp3) is 0.846. The summed E-state index contributed by atoms with van der Waals surface area (Å²) in [4.78, 5) is 24.6. The fourth-order valence-electron chi connectivity index (χ4n) is 3.06. The topological polar surface area (TPSA) is 57.6 Å². The van der Waals surface area contributed by atoms with E-state index in [0.29, 0.717) is 6.54 Å². The van der Waals surface area contributed by atoms with Gasteiger partial charge in [0.15, 0.2) is 0 Å². The Morgan fingerprint density at radius 2 is 2.11 bits per heavy atom. The number of carboxylic acids is 1. The molecule has 0 aromatic carbocycles. The highest BCUT2D eigenvalue weighted by atomic mass is 32.2. The predicted molar refractivity (Wildman–Crippen MR) is 71.7 cm³/mol. The summed E-state index contributed by atoms with van der Waals surface area (Å²) in [7, 11) is 0. The number of amides is 1. The van der Waals surface area contributed by atoms with Gasteiger partial charge < -0.3 is 10.0 Å². The first-order chi connectivity index (χ1) is 8.56.